The van der Waals surface area contributed by atoms with Crippen molar-refractivity contribution in [2.24, 2.45) is 0 Å². The molecule has 0 bridgehead atoms. The maximum Gasteiger partial charge on any atom is 0.204 e. The lowest BCUT2D eigenvalue weighted by atomic mass is 10.1. The summed E-state index contributed by atoms with van der Waals surface area (Å²) in [4.78, 5) is 0. The molecule has 0 aliphatic carbocycles. The van der Waals surface area contributed by atoms with E-state index in [4.69, 9.17) is 0 Å². The van der Waals surface area contributed by atoms with Gasteiger partial charge in [0.2, 0.25) is 8.87 Å². The molecule has 0 unspecified atom stereocenters. The molecule has 4 heteroatoms. The lowest BCUT2D eigenvalue weighted by Crippen LogP contribution is -2.11. The normalized spacial score (nSPS) is 27.6. The van der Waals surface area contributed by atoms with Gasteiger partial charge in [0.15, 0.2) is 0 Å². The van der Waals surface area contributed by atoms with Crippen molar-refractivity contribution in [2.45, 2.75) is 44.3 Å². The third kappa shape index (κ3) is 2.66. The first-order chi connectivity index (χ1) is 5.67. The smallest absolute Gasteiger partial charge is 0.204 e. The van der Waals surface area contributed by atoms with Crippen molar-refractivity contribution in [3.8, 4) is 0 Å². The average molecular weight is 208 g/mol. The van der Waals surface area contributed by atoms with Crippen LogP contribution in [-0.4, -0.2) is 19.4 Å². The van der Waals surface area contributed by atoms with Gasteiger partial charge in [-0.3, -0.25) is 0 Å². The summed E-state index contributed by atoms with van der Waals surface area (Å²) in [6, 6.07) is 0. The van der Waals surface area contributed by atoms with E-state index in [1.54, 1.807) is 0 Å². The Balaban J connectivity index is 2.32. The Morgan fingerprint density at radius 2 is 2.17 bits per heavy atom. The lowest BCUT2D eigenvalue weighted by Gasteiger charge is -2.06. The van der Waals surface area contributed by atoms with Gasteiger partial charge in [0.1, 0.15) is 0 Å². The minimum Gasteiger partial charge on any atom is -0.217 e. The van der Waals surface area contributed by atoms with E-state index in [0.29, 0.717) is 0 Å². The molecule has 0 saturated carbocycles. The zero-order valence-corrected chi connectivity index (χ0v) is 9.09. The fourth-order valence-electron chi connectivity index (χ4n) is 1.45. The van der Waals surface area contributed by atoms with Crippen LogP contribution in [-0.2, 0) is 8.87 Å². The molecule has 12 heavy (non-hydrogen) atoms. The fourth-order valence-corrected chi connectivity index (χ4v) is 5.40. The predicted molar refractivity (Wildman–Crippen MR) is 53.9 cm³/mol. The molecule has 0 N–H and O–H groups in total. The number of hydrogen-bond donors (Lipinski definition) is 0. The lowest BCUT2D eigenvalue weighted by molar-refractivity contribution is 0.572. The molecule has 1 fully saturated rings. The van der Waals surface area contributed by atoms with Crippen molar-refractivity contribution in [1.82, 2.24) is 0 Å². The monoisotopic (exact) mass is 208 g/mol. The Morgan fingerprint density at radius 3 is 2.67 bits per heavy atom. The van der Waals surface area contributed by atoms with Gasteiger partial charge in [0.25, 0.3) is 0 Å². The summed E-state index contributed by atoms with van der Waals surface area (Å²) < 4.78 is 22.6. The van der Waals surface area contributed by atoms with Gasteiger partial charge < -0.3 is 0 Å². The van der Waals surface area contributed by atoms with Crippen LogP contribution in [0.5, 0.6) is 0 Å². The van der Waals surface area contributed by atoms with Crippen molar-refractivity contribution >= 4 is 19.7 Å². The van der Waals surface area contributed by atoms with Crippen LogP contribution in [0, 0.1) is 0 Å². The molecule has 0 aromatic heterocycles. The van der Waals surface area contributed by atoms with Crippen LogP contribution < -0.4 is 0 Å². The standard InChI is InChI=1S/C8H16O2S2/c1-2-3-4-5-8-6-7-11-12(8,9)10/h8H,2-7H2,1H3/t8-/m0/s1. The van der Waals surface area contributed by atoms with Gasteiger partial charge in [-0.15, -0.1) is 0 Å². The third-order valence-corrected chi connectivity index (χ3v) is 6.55. The predicted octanol–water partition coefficient (Wildman–Crippen LogP) is 2.40. The van der Waals surface area contributed by atoms with Crippen LogP contribution >= 0.6 is 10.8 Å². The molecule has 1 aliphatic heterocycles. The summed E-state index contributed by atoms with van der Waals surface area (Å²) in [6.45, 7) is 2.14. The van der Waals surface area contributed by atoms with Crippen molar-refractivity contribution in [2.75, 3.05) is 5.75 Å². The Kier molecular flexibility index (Phi) is 3.90. The van der Waals surface area contributed by atoms with E-state index < -0.39 is 8.87 Å². The molecule has 72 valence electrons. The molecular formula is C8H16O2S2. The summed E-state index contributed by atoms with van der Waals surface area (Å²) in [5.41, 5.74) is 0. The zero-order valence-electron chi connectivity index (χ0n) is 7.45. The van der Waals surface area contributed by atoms with Gasteiger partial charge in [-0.05, 0) is 23.6 Å². The van der Waals surface area contributed by atoms with E-state index in [0.717, 1.165) is 42.2 Å². The second-order valence-corrected chi connectivity index (χ2v) is 7.62. The highest BCUT2D eigenvalue weighted by Gasteiger charge is 2.31. The molecule has 1 rings (SSSR count). The van der Waals surface area contributed by atoms with Crippen LogP contribution in [0.25, 0.3) is 0 Å². The molecule has 1 atom stereocenters. The second-order valence-electron chi connectivity index (χ2n) is 3.22. The first-order valence-corrected chi connectivity index (χ1v) is 7.60. The topological polar surface area (TPSA) is 34.1 Å². The Labute approximate surface area is 78.4 Å². The first-order valence-electron chi connectivity index (χ1n) is 4.55. The Bertz CT molecular complexity index is 221. The van der Waals surface area contributed by atoms with Gasteiger partial charge in [-0.1, -0.05) is 26.2 Å². The van der Waals surface area contributed by atoms with E-state index in [2.05, 4.69) is 6.92 Å². The van der Waals surface area contributed by atoms with Crippen LogP contribution in [0.1, 0.15) is 39.0 Å². The Morgan fingerprint density at radius 1 is 1.42 bits per heavy atom. The highest BCUT2D eigenvalue weighted by atomic mass is 33.1. The summed E-state index contributed by atoms with van der Waals surface area (Å²) in [7, 11) is -1.61. The van der Waals surface area contributed by atoms with Crippen molar-refractivity contribution in [1.29, 1.82) is 0 Å². The fraction of sp³-hybridized carbons (Fsp3) is 1.00. The van der Waals surface area contributed by atoms with Gasteiger partial charge in [-0.2, -0.15) is 0 Å². The summed E-state index contributed by atoms with van der Waals surface area (Å²) in [5, 5.41) is -0.0333. The van der Waals surface area contributed by atoms with Crippen molar-refractivity contribution in [3.05, 3.63) is 0 Å². The highest BCUT2D eigenvalue weighted by molar-refractivity contribution is 8.72. The second kappa shape index (κ2) is 4.51. The zero-order chi connectivity index (χ0) is 9.03. The minimum absolute atomic E-state index is 0.0333. The van der Waals surface area contributed by atoms with E-state index >= 15 is 0 Å². The van der Waals surface area contributed by atoms with Gasteiger partial charge in [0, 0.05) is 5.75 Å². The van der Waals surface area contributed by atoms with Crippen molar-refractivity contribution < 1.29 is 8.42 Å². The Hall–Kier alpha value is 0.300. The quantitative estimate of drug-likeness (QED) is 0.525. The molecule has 0 spiro atoms. The van der Waals surface area contributed by atoms with Gasteiger partial charge in [0.05, 0.1) is 5.25 Å². The molecule has 0 radical (unpaired) electrons. The summed E-state index contributed by atoms with van der Waals surface area (Å²) in [6.07, 6.45) is 5.15. The molecule has 1 saturated heterocycles. The van der Waals surface area contributed by atoms with E-state index in [1.165, 1.54) is 6.42 Å². The molecule has 0 amide bonds. The van der Waals surface area contributed by atoms with E-state index in [-0.39, 0.29) is 5.25 Å². The highest BCUT2D eigenvalue weighted by Crippen LogP contribution is 2.33. The SMILES string of the molecule is CCCCC[C@H]1CCSS1(=O)=O. The third-order valence-electron chi connectivity index (χ3n) is 2.23. The van der Waals surface area contributed by atoms with Gasteiger partial charge in [-0.25, -0.2) is 8.42 Å². The average Bonchev–Trinajstić information content (AvgIpc) is 2.32. The summed E-state index contributed by atoms with van der Waals surface area (Å²) >= 11 is 0. The summed E-state index contributed by atoms with van der Waals surface area (Å²) in [5.74, 6) is 0.805. The van der Waals surface area contributed by atoms with E-state index in [9.17, 15) is 8.42 Å². The molecule has 1 heterocycles. The molecule has 2 nitrogen and oxygen atoms in total. The molecule has 1 aliphatic rings. The largest absolute Gasteiger partial charge is 0.217 e. The van der Waals surface area contributed by atoms with Crippen molar-refractivity contribution in [3.63, 3.8) is 0 Å². The molecule has 0 aromatic carbocycles. The maximum absolute atomic E-state index is 11.3. The number of unbranched alkanes of at least 4 members (excludes halogenated alkanes) is 2. The molecule has 0 aromatic rings. The number of hydrogen-bond acceptors (Lipinski definition) is 3. The maximum atomic E-state index is 11.3. The van der Waals surface area contributed by atoms with E-state index in [1.807, 2.05) is 0 Å². The van der Waals surface area contributed by atoms with Gasteiger partial charge >= 0.3 is 0 Å². The minimum atomic E-state index is -2.75. The van der Waals surface area contributed by atoms with Crippen LogP contribution in [0.15, 0.2) is 0 Å². The first kappa shape index (κ1) is 10.4. The molecular weight excluding hydrogens is 192 g/mol. The van der Waals surface area contributed by atoms with Crippen LogP contribution in [0.2, 0.25) is 0 Å². The van der Waals surface area contributed by atoms with Crippen LogP contribution in [0.3, 0.4) is 0 Å². The number of rotatable bonds is 4. The van der Waals surface area contributed by atoms with Crippen LogP contribution in [0.4, 0.5) is 0 Å².